The zero-order valence-corrected chi connectivity index (χ0v) is 7.85. The van der Waals surface area contributed by atoms with Gasteiger partial charge in [0.05, 0.1) is 13.2 Å². The molecule has 0 saturated carbocycles. The monoisotopic (exact) mass is 193 g/mol. The smallest absolute Gasteiger partial charge is 0.165 e. The molecule has 2 heterocycles. The average molecular weight is 193 g/mol. The van der Waals surface area contributed by atoms with Crippen molar-refractivity contribution >= 4 is 0 Å². The molecule has 2 aliphatic heterocycles. The minimum Gasteiger partial charge on any atom is -0.662 e. The van der Waals surface area contributed by atoms with Crippen LogP contribution in [0.15, 0.2) is 0 Å². The summed E-state index contributed by atoms with van der Waals surface area (Å²) in [6.07, 6.45) is 1.90. The van der Waals surface area contributed by atoms with E-state index in [9.17, 15) is 0 Å². The Labute approximate surface area is 78.7 Å². The van der Waals surface area contributed by atoms with Crippen LogP contribution in [0.4, 0.5) is 0 Å². The maximum Gasteiger partial charge on any atom is 0.165 e. The summed E-state index contributed by atoms with van der Waals surface area (Å²) in [5, 5.41) is 4.24. The molecule has 2 rings (SSSR count). The topological polar surface area (TPSA) is 32.6 Å². The Balaban J connectivity index is 0.000000605. The van der Waals surface area contributed by atoms with Crippen LogP contribution in [0.1, 0.15) is 12.8 Å². The van der Waals surface area contributed by atoms with Gasteiger partial charge in [0.15, 0.2) is 5.79 Å². The summed E-state index contributed by atoms with van der Waals surface area (Å²) < 4.78 is 11.0. The molecular weight excluding hydrogens is 181 g/mol. The molecular formula is C7H12NO2V-. The fourth-order valence-electron chi connectivity index (χ4n) is 1.52. The predicted molar refractivity (Wildman–Crippen MR) is 37.0 cm³/mol. The molecule has 0 amide bonds. The van der Waals surface area contributed by atoms with Crippen LogP contribution in [0.2, 0.25) is 0 Å². The molecule has 0 aromatic carbocycles. The van der Waals surface area contributed by atoms with E-state index >= 15 is 0 Å². The number of nitrogens with zero attached hydrogens (tertiary/aromatic N) is 1. The zero-order valence-electron chi connectivity index (χ0n) is 6.45. The molecule has 11 heavy (non-hydrogen) atoms. The molecule has 0 aromatic rings. The van der Waals surface area contributed by atoms with Crippen molar-refractivity contribution in [2.75, 3.05) is 26.3 Å². The summed E-state index contributed by atoms with van der Waals surface area (Å²) in [6.45, 7) is 3.33. The molecule has 1 radical (unpaired) electrons. The van der Waals surface area contributed by atoms with Crippen LogP contribution >= 0.6 is 0 Å². The van der Waals surface area contributed by atoms with Crippen molar-refractivity contribution < 1.29 is 28.0 Å². The first-order valence-corrected chi connectivity index (χ1v) is 3.83. The van der Waals surface area contributed by atoms with Crippen LogP contribution in [0.3, 0.4) is 0 Å². The average Bonchev–Trinajstić information content (AvgIpc) is 2.39. The Morgan fingerprint density at radius 2 is 1.55 bits per heavy atom. The van der Waals surface area contributed by atoms with Gasteiger partial charge in [0, 0.05) is 18.6 Å². The molecule has 0 aromatic heterocycles. The molecule has 2 fully saturated rings. The van der Waals surface area contributed by atoms with Crippen molar-refractivity contribution in [2.24, 2.45) is 0 Å². The molecule has 0 N–H and O–H groups in total. The van der Waals surface area contributed by atoms with Crippen molar-refractivity contribution in [2.45, 2.75) is 18.6 Å². The first kappa shape index (κ1) is 9.55. The number of rotatable bonds is 0. The molecule has 4 heteroatoms. The first-order chi connectivity index (χ1) is 4.91. The van der Waals surface area contributed by atoms with Gasteiger partial charge in [-0.1, -0.05) is 0 Å². The molecule has 3 nitrogen and oxygen atoms in total. The second-order valence-electron chi connectivity index (χ2n) is 2.78. The van der Waals surface area contributed by atoms with Gasteiger partial charge in [-0.15, -0.1) is 13.1 Å². The normalized spacial score (nSPS) is 28.4. The third-order valence-corrected chi connectivity index (χ3v) is 2.12. The van der Waals surface area contributed by atoms with E-state index in [2.05, 4.69) is 5.32 Å². The SMILES string of the molecule is C1CC2(CC[N-]1)OCCO2.[V]. The summed E-state index contributed by atoms with van der Waals surface area (Å²) in [4.78, 5) is 0. The quantitative estimate of drug-likeness (QED) is 0.572. The molecule has 63 valence electrons. The summed E-state index contributed by atoms with van der Waals surface area (Å²) in [5.74, 6) is -0.220. The van der Waals surface area contributed by atoms with Gasteiger partial charge < -0.3 is 14.8 Å². The standard InChI is InChI=1S/C7H12NO2.V/c1-3-8-4-2-7(1)9-5-6-10-7;/h1-6H2;/q-1;. The number of hydrogen-bond donors (Lipinski definition) is 0. The van der Waals surface area contributed by atoms with Crippen molar-refractivity contribution in [3.05, 3.63) is 5.32 Å². The maximum absolute atomic E-state index is 5.50. The number of hydrogen-bond acceptors (Lipinski definition) is 2. The summed E-state index contributed by atoms with van der Waals surface area (Å²) in [7, 11) is 0. The molecule has 0 bridgehead atoms. The maximum atomic E-state index is 5.50. The van der Waals surface area contributed by atoms with E-state index in [0.29, 0.717) is 0 Å². The largest absolute Gasteiger partial charge is 0.662 e. The second kappa shape index (κ2) is 3.92. The number of ether oxygens (including phenoxy) is 2. The van der Waals surface area contributed by atoms with Gasteiger partial charge in [-0.05, 0) is 12.8 Å². The fourth-order valence-corrected chi connectivity index (χ4v) is 1.52. The van der Waals surface area contributed by atoms with Crippen molar-refractivity contribution in [3.8, 4) is 0 Å². The second-order valence-corrected chi connectivity index (χ2v) is 2.78. The Hall–Kier alpha value is 0.464. The van der Waals surface area contributed by atoms with E-state index in [1.807, 2.05) is 0 Å². The Kier molecular flexibility index (Phi) is 3.40. The van der Waals surface area contributed by atoms with E-state index in [4.69, 9.17) is 9.47 Å². The van der Waals surface area contributed by atoms with Crippen LogP contribution in [-0.2, 0) is 28.0 Å². The van der Waals surface area contributed by atoms with Gasteiger partial charge in [0.25, 0.3) is 0 Å². The van der Waals surface area contributed by atoms with Crippen LogP contribution in [0, 0.1) is 0 Å². The van der Waals surface area contributed by atoms with E-state index in [-0.39, 0.29) is 24.3 Å². The molecule has 2 aliphatic rings. The summed E-state index contributed by atoms with van der Waals surface area (Å²) in [6, 6.07) is 0. The van der Waals surface area contributed by atoms with Gasteiger partial charge in [-0.2, -0.15) is 0 Å². The van der Waals surface area contributed by atoms with Crippen molar-refractivity contribution in [1.29, 1.82) is 0 Å². The number of piperidine rings is 1. The molecule has 0 atom stereocenters. The summed E-state index contributed by atoms with van der Waals surface area (Å²) in [5.41, 5.74) is 0. The van der Waals surface area contributed by atoms with E-state index < -0.39 is 0 Å². The molecule has 1 spiro atoms. The third-order valence-electron chi connectivity index (χ3n) is 2.12. The Morgan fingerprint density at radius 1 is 1.00 bits per heavy atom. The van der Waals surface area contributed by atoms with Gasteiger partial charge in [0.2, 0.25) is 0 Å². The van der Waals surface area contributed by atoms with Crippen LogP contribution in [0.25, 0.3) is 5.32 Å². The van der Waals surface area contributed by atoms with Crippen LogP contribution in [-0.4, -0.2) is 32.1 Å². The van der Waals surface area contributed by atoms with Crippen molar-refractivity contribution in [3.63, 3.8) is 0 Å². The van der Waals surface area contributed by atoms with Gasteiger partial charge >= 0.3 is 0 Å². The Bertz CT molecular complexity index is 118. The molecule has 0 unspecified atom stereocenters. The van der Waals surface area contributed by atoms with Gasteiger partial charge in [-0.25, -0.2) is 0 Å². The molecule has 2 saturated heterocycles. The van der Waals surface area contributed by atoms with Crippen LogP contribution in [0.5, 0.6) is 0 Å². The minimum atomic E-state index is -0.220. The predicted octanol–water partition coefficient (Wildman–Crippen LogP) is 0.895. The first-order valence-electron chi connectivity index (χ1n) is 3.83. The van der Waals surface area contributed by atoms with Gasteiger partial charge in [0.1, 0.15) is 0 Å². The van der Waals surface area contributed by atoms with Gasteiger partial charge in [-0.3, -0.25) is 0 Å². The van der Waals surface area contributed by atoms with E-state index in [1.165, 1.54) is 0 Å². The van der Waals surface area contributed by atoms with Crippen LogP contribution < -0.4 is 0 Å². The zero-order chi connectivity index (χ0) is 6.86. The third kappa shape index (κ3) is 1.98. The Morgan fingerprint density at radius 3 is 2.09 bits per heavy atom. The fraction of sp³-hybridized carbons (Fsp3) is 1.00. The molecule has 0 aliphatic carbocycles. The minimum absolute atomic E-state index is 0. The van der Waals surface area contributed by atoms with Crippen molar-refractivity contribution in [1.82, 2.24) is 0 Å². The van der Waals surface area contributed by atoms with E-state index in [1.54, 1.807) is 0 Å². The summed E-state index contributed by atoms with van der Waals surface area (Å²) >= 11 is 0. The van der Waals surface area contributed by atoms with E-state index in [0.717, 1.165) is 39.1 Å².